The van der Waals surface area contributed by atoms with Gasteiger partial charge in [-0.25, -0.2) is 9.97 Å². The van der Waals surface area contributed by atoms with Gasteiger partial charge in [-0.2, -0.15) is 0 Å². The highest BCUT2D eigenvalue weighted by Gasteiger charge is 2.29. The van der Waals surface area contributed by atoms with Gasteiger partial charge in [0.05, 0.1) is 4.92 Å². The van der Waals surface area contributed by atoms with Gasteiger partial charge in [-0.15, -0.1) is 0 Å². The molecule has 0 unspecified atom stereocenters. The predicted molar refractivity (Wildman–Crippen MR) is 111 cm³/mol. The van der Waals surface area contributed by atoms with Crippen molar-refractivity contribution in [2.75, 3.05) is 41.3 Å². The van der Waals surface area contributed by atoms with Gasteiger partial charge in [0.1, 0.15) is 6.33 Å². The van der Waals surface area contributed by atoms with Gasteiger partial charge in [-0.05, 0) is 23.8 Å². The zero-order valence-electron chi connectivity index (χ0n) is 15.8. The summed E-state index contributed by atoms with van der Waals surface area (Å²) in [5.41, 5.74) is 1.98. The summed E-state index contributed by atoms with van der Waals surface area (Å²) >= 11 is 0. The quantitative estimate of drug-likeness (QED) is 0.506. The van der Waals surface area contributed by atoms with Crippen molar-refractivity contribution >= 4 is 23.0 Å². The normalized spacial score (nSPS) is 13.9. The van der Waals surface area contributed by atoms with E-state index in [1.807, 2.05) is 35.2 Å². The van der Waals surface area contributed by atoms with E-state index in [-0.39, 0.29) is 11.5 Å². The highest BCUT2D eigenvalue weighted by atomic mass is 16.6. The average molecular weight is 391 g/mol. The van der Waals surface area contributed by atoms with Crippen LogP contribution in [0, 0.1) is 10.1 Å². The molecule has 0 spiro atoms. The van der Waals surface area contributed by atoms with E-state index < -0.39 is 4.92 Å². The van der Waals surface area contributed by atoms with Gasteiger partial charge in [0.25, 0.3) is 0 Å². The Balaban J connectivity index is 1.51. The van der Waals surface area contributed by atoms with Crippen molar-refractivity contribution in [3.8, 4) is 0 Å². The van der Waals surface area contributed by atoms with Gasteiger partial charge in [0.2, 0.25) is 11.6 Å². The Hall–Kier alpha value is -3.75. The molecule has 148 valence electrons. The molecule has 2 aromatic heterocycles. The molecule has 1 saturated heterocycles. The lowest BCUT2D eigenvalue weighted by Gasteiger charge is -2.36. The first-order valence-corrected chi connectivity index (χ1v) is 9.39. The smallest absolute Gasteiger partial charge is 0.353 e. The van der Waals surface area contributed by atoms with Crippen LogP contribution in [0.5, 0.6) is 0 Å². The van der Waals surface area contributed by atoms with Crippen LogP contribution in [0.1, 0.15) is 5.56 Å². The monoisotopic (exact) mass is 391 g/mol. The van der Waals surface area contributed by atoms with E-state index in [0.717, 1.165) is 24.3 Å². The van der Waals surface area contributed by atoms with Crippen molar-refractivity contribution in [1.82, 2.24) is 15.0 Å². The number of aromatic nitrogens is 3. The van der Waals surface area contributed by atoms with E-state index >= 15 is 0 Å². The molecule has 0 amide bonds. The summed E-state index contributed by atoms with van der Waals surface area (Å²) < 4.78 is 0. The number of nitrogens with zero attached hydrogens (tertiary/aromatic N) is 6. The van der Waals surface area contributed by atoms with Crippen molar-refractivity contribution < 1.29 is 4.92 Å². The first-order chi connectivity index (χ1) is 14.2. The second kappa shape index (κ2) is 8.51. The molecule has 0 aliphatic carbocycles. The molecule has 4 rings (SSSR count). The van der Waals surface area contributed by atoms with E-state index in [1.165, 1.54) is 6.33 Å². The summed E-state index contributed by atoms with van der Waals surface area (Å²) in [4.78, 5) is 28.0. The van der Waals surface area contributed by atoms with Gasteiger partial charge in [0.15, 0.2) is 0 Å². The molecule has 0 bridgehead atoms. The van der Waals surface area contributed by atoms with Crippen LogP contribution < -0.4 is 15.1 Å². The SMILES string of the molecule is O=[N+]([O-])c1c(NCc2cccnc2)ncnc1N1CCN(c2ccccc2)CC1. The van der Waals surface area contributed by atoms with Crippen LogP contribution in [-0.4, -0.2) is 46.1 Å². The standard InChI is InChI=1S/C20H21N7O2/c28-27(29)18-19(22-14-16-5-4-8-21-13-16)23-15-24-20(18)26-11-9-25(10-12-26)17-6-2-1-3-7-17/h1-8,13,15H,9-12,14H2,(H,22,23,24). The fourth-order valence-corrected chi connectivity index (χ4v) is 3.40. The Kier molecular flexibility index (Phi) is 5.46. The number of rotatable bonds is 6. The molecule has 9 nitrogen and oxygen atoms in total. The Morgan fingerprint density at radius 2 is 1.76 bits per heavy atom. The number of hydrogen-bond donors (Lipinski definition) is 1. The van der Waals surface area contributed by atoms with E-state index in [4.69, 9.17) is 0 Å². The van der Waals surface area contributed by atoms with Crippen molar-refractivity contribution in [2.45, 2.75) is 6.54 Å². The van der Waals surface area contributed by atoms with Crippen LogP contribution in [0.2, 0.25) is 0 Å². The number of nitro groups is 1. The molecule has 1 aliphatic heterocycles. The summed E-state index contributed by atoms with van der Waals surface area (Å²) in [5.74, 6) is 0.570. The molecule has 9 heteroatoms. The number of anilines is 3. The van der Waals surface area contributed by atoms with Crippen LogP contribution in [-0.2, 0) is 6.54 Å². The Morgan fingerprint density at radius 3 is 2.45 bits per heavy atom. The average Bonchev–Trinajstić information content (AvgIpc) is 2.78. The minimum Gasteiger partial charge on any atom is -0.368 e. The molecule has 1 fully saturated rings. The lowest BCUT2D eigenvalue weighted by Crippen LogP contribution is -2.47. The number of para-hydroxylation sites is 1. The highest BCUT2D eigenvalue weighted by molar-refractivity contribution is 5.70. The van der Waals surface area contributed by atoms with Gasteiger partial charge in [0, 0.05) is 50.8 Å². The van der Waals surface area contributed by atoms with Gasteiger partial charge in [-0.3, -0.25) is 15.1 Å². The predicted octanol–water partition coefficient (Wildman–Crippen LogP) is 2.72. The molecule has 3 aromatic rings. The lowest BCUT2D eigenvalue weighted by molar-refractivity contribution is -0.383. The molecule has 1 N–H and O–H groups in total. The van der Waals surface area contributed by atoms with Gasteiger partial charge >= 0.3 is 5.69 Å². The van der Waals surface area contributed by atoms with E-state index in [9.17, 15) is 10.1 Å². The highest BCUT2D eigenvalue weighted by Crippen LogP contribution is 2.33. The summed E-state index contributed by atoms with van der Waals surface area (Å²) in [7, 11) is 0. The maximum absolute atomic E-state index is 11.8. The molecule has 29 heavy (non-hydrogen) atoms. The van der Waals surface area contributed by atoms with Gasteiger partial charge < -0.3 is 15.1 Å². The van der Waals surface area contributed by atoms with E-state index in [1.54, 1.807) is 12.4 Å². The minimum atomic E-state index is -0.412. The zero-order valence-corrected chi connectivity index (χ0v) is 15.8. The van der Waals surface area contributed by atoms with Crippen LogP contribution >= 0.6 is 0 Å². The Bertz CT molecular complexity index is 961. The van der Waals surface area contributed by atoms with E-state index in [0.29, 0.717) is 25.5 Å². The molecule has 0 atom stereocenters. The molecule has 0 saturated carbocycles. The first kappa shape index (κ1) is 18.6. The van der Waals surface area contributed by atoms with Crippen LogP contribution in [0.15, 0.2) is 61.2 Å². The van der Waals surface area contributed by atoms with Crippen LogP contribution in [0.3, 0.4) is 0 Å². The lowest BCUT2D eigenvalue weighted by atomic mass is 10.2. The third kappa shape index (κ3) is 4.23. The van der Waals surface area contributed by atoms with Crippen LogP contribution in [0.4, 0.5) is 23.0 Å². The number of pyridine rings is 1. The Morgan fingerprint density at radius 1 is 1.00 bits per heavy atom. The van der Waals surface area contributed by atoms with Crippen LogP contribution in [0.25, 0.3) is 0 Å². The van der Waals surface area contributed by atoms with Gasteiger partial charge in [-0.1, -0.05) is 24.3 Å². The molecule has 1 aliphatic rings. The molecule has 0 radical (unpaired) electrons. The van der Waals surface area contributed by atoms with Crippen molar-refractivity contribution in [2.24, 2.45) is 0 Å². The maximum atomic E-state index is 11.8. The summed E-state index contributed by atoms with van der Waals surface area (Å²) in [6, 6.07) is 13.9. The molecule has 1 aromatic carbocycles. The summed E-state index contributed by atoms with van der Waals surface area (Å²) in [6.45, 7) is 3.23. The third-order valence-electron chi connectivity index (χ3n) is 4.87. The topological polar surface area (TPSA) is 100 Å². The second-order valence-electron chi connectivity index (χ2n) is 6.68. The largest absolute Gasteiger partial charge is 0.368 e. The number of piperazine rings is 1. The van der Waals surface area contributed by atoms with E-state index in [2.05, 4.69) is 37.3 Å². The molecular formula is C20H21N7O2. The fourth-order valence-electron chi connectivity index (χ4n) is 3.40. The molecular weight excluding hydrogens is 370 g/mol. The van der Waals surface area contributed by atoms with Crippen molar-refractivity contribution in [3.05, 3.63) is 76.9 Å². The van der Waals surface area contributed by atoms with Crippen molar-refractivity contribution in [3.63, 3.8) is 0 Å². The molecule has 3 heterocycles. The zero-order chi connectivity index (χ0) is 20.1. The first-order valence-electron chi connectivity index (χ1n) is 9.39. The fraction of sp³-hybridized carbons (Fsp3) is 0.250. The third-order valence-corrected chi connectivity index (χ3v) is 4.87. The summed E-state index contributed by atoms with van der Waals surface area (Å²) in [6.07, 6.45) is 4.77. The maximum Gasteiger partial charge on any atom is 0.353 e. The van der Waals surface area contributed by atoms with Crippen molar-refractivity contribution in [1.29, 1.82) is 0 Å². The number of nitrogens with one attached hydrogen (secondary N) is 1. The second-order valence-corrected chi connectivity index (χ2v) is 6.68. The number of hydrogen-bond acceptors (Lipinski definition) is 8. The Labute approximate surface area is 168 Å². The summed E-state index contributed by atoms with van der Waals surface area (Å²) in [5, 5.41) is 14.9. The minimum absolute atomic E-state index is 0.0930. The number of benzene rings is 1.